The number of rotatable bonds is 3. The molecule has 0 fully saturated rings. The van der Waals surface area contributed by atoms with Gasteiger partial charge in [-0.05, 0) is 26.0 Å². The Balaban J connectivity index is 2.29. The van der Waals surface area contributed by atoms with E-state index in [-0.39, 0.29) is 18.5 Å². The highest BCUT2D eigenvalue weighted by molar-refractivity contribution is 5.80. The lowest BCUT2D eigenvalue weighted by Gasteiger charge is -2.09. The average molecular weight is 233 g/mol. The van der Waals surface area contributed by atoms with Gasteiger partial charge in [0.1, 0.15) is 12.1 Å². The number of amides is 1. The standard InChI is InChI=1S/C11H15N5O/c1-7(2)14-9(17)6-16-10-8(15-11(16)12)4-3-5-13-10/h3-5,7H,6H2,1-2H3,(H2,12,15)(H,14,17). The van der Waals surface area contributed by atoms with Gasteiger partial charge < -0.3 is 11.1 Å². The topological polar surface area (TPSA) is 85.8 Å². The Morgan fingerprint density at radius 1 is 1.59 bits per heavy atom. The molecule has 0 saturated carbocycles. The van der Waals surface area contributed by atoms with Crippen molar-refractivity contribution in [3.05, 3.63) is 18.3 Å². The van der Waals surface area contributed by atoms with Gasteiger partial charge in [-0.3, -0.25) is 9.36 Å². The minimum Gasteiger partial charge on any atom is -0.369 e. The molecule has 6 heteroatoms. The summed E-state index contributed by atoms with van der Waals surface area (Å²) in [6, 6.07) is 3.70. The predicted molar refractivity (Wildman–Crippen MR) is 65.2 cm³/mol. The van der Waals surface area contributed by atoms with E-state index in [0.29, 0.717) is 17.1 Å². The fraction of sp³-hybridized carbons (Fsp3) is 0.364. The summed E-state index contributed by atoms with van der Waals surface area (Å²) < 4.78 is 1.60. The minimum absolute atomic E-state index is 0.100. The zero-order valence-corrected chi connectivity index (χ0v) is 9.84. The number of pyridine rings is 1. The molecule has 0 aromatic carbocycles. The molecule has 2 rings (SSSR count). The average Bonchev–Trinajstić information content (AvgIpc) is 2.55. The smallest absolute Gasteiger partial charge is 0.240 e. The number of carbonyl (C=O) groups is 1. The number of nitrogen functional groups attached to an aromatic ring is 1. The van der Waals surface area contributed by atoms with Gasteiger partial charge >= 0.3 is 0 Å². The molecule has 6 nitrogen and oxygen atoms in total. The molecule has 0 radical (unpaired) electrons. The second kappa shape index (κ2) is 4.40. The fourth-order valence-corrected chi connectivity index (χ4v) is 1.64. The lowest BCUT2D eigenvalue weighted by Crippen LogP contribution is -2.33. The summed E-state index contributed by atoms with van der Waals surface area (Å²) in [6.07, 6.45) is 1.65. The summed E-state index contributed by atoms with van der Waals surface area (Å²) in [5, 5.41) is 2.80. The SMILES string of the molecule is CC(C)NC(=O)Cn1c(N)nc2cccnc21. The number of hydrogen-bond donors (Lipinski definition) is 2. The molecule has 0 saturated heterocycles. The van der Waals surface area contributed by atoms with Crippen LogP contribution < -0.4 is 11.1 Å². The molecular formula is C11H15N5O. The van der Waals surface area contributed by atoms with E-state index < -0.39 is 0 Å². The van der Waals surface area contributed by atoms with Crippen LogP contribution in [0.5, 0.6) is 0 Å². The number of fused-ring (bicyclic) bond motifs is 1. The first-order valence-corrected chi connectivity index (χ1v) is 5.44. The van der Waals surface area contributed by atoms with Crippen LogP contribution in [0, 0.1) is 0 Å². The van der Waals surface area contributed by atoms with E-state index in [9.17, 15) is 4.79 Å². The fourth-order valence-electron chi connectivity index (χ4n) is 1.64. The van der Waals surface area contributed by atoms with Crippen LogP contribution >= 0.6 is 0 Å². The van der Waals surface area contributed by atoms with Crippen molar-refractivity contribution in [2.75, 3.05) is 5.73 Å². The first-order valence-electron chi connectivity index (χ1n) is 5.44. The summed E-state index contributed by atoms with van der Waals surface area (Å²) in [5.41, 5.74) is 7.09. The Bertz CT molecular complexity index is 546. The molecule has 0 unspecified atom stereocenters. The molecule has 0 spiro atoms. The minimum atomic E-state index is -0.100. The second-order valence-electron chi connectivity index (χ2n) is 4.12. The van der Waals surface area contributed by atoms with Crippen LogP contribution in [0.3, 0.4) is 0 Å². The van der Waals surface area contributed by atoms with E-state index in [1.807, 2.05) is 19.9 Å². The third-order valence-corrected chi connectivity index (χ3v) is 2.28. The van der Waals surface area contributed by atoms with E-state index in [1.54, 1.807) is 16.8 Å². The highest BCUT2D eigenvalue weighted by Crippen LogP contribution is 2.14. The van der Waals surface area contributed by atoms with E-state index in [4.69, 9.17) is 5.73 Å². The van der Waals surface area contributed by atoms with Crippen molar-refractivity contribution in [3.8, 4) is 0 Å². The Hall–Kier alpha value is -2.11. The lowest BCUT2D eigenvalue weighted by atomic mass is 10.4. The zero-order chi connectivity index (χ0) is 12.4. The molecule has 17 heavy (non-hydrogen) atoms. The maximum absolute atomic E-state index is 11.7. The molecule has 2 heterocycles. The molecule has 3 N–H and O–H groups in total. The second-order valence-corrected chi connectivity index (χ2v) is 4.12. The van der Waals surface area contributed by atoms with Gasteiger partial charge in [0.2, 0.25) is 11.9 Å². The Labute approximate surface area is 98.8 Å². The highest BCUT2D eigenvalue weighted by atomic mass is 16.2. The van der Waals surface area contributed by atoms with Crippen LogP contribution in [0.15, 0.2) is 18.3 Å². The quantitative estimate of drug-likeness (QED) is 0.810. The van der Waals surface area contributed by atoms with Gasteiger partial charge in [0, 0.05) is 12.2 Å². The Kier molecular flexibility index (Phi) is 2.95. The maximum Gasteiger partial charge on any atom is 0.240 e. The molecule has 0 bridgehead atoms. The summed E-state index contributed by atoms with van der Waals surface area (Å²) in [5.74, 6) is 0.203. The van der Waals surface area contributed by atoms with Gasteiger partial charge in [-0.1, -0.05) is 0 Å². The van der Waals surface area contributed by atoms with Crippen LogP contribution in [0.1, 0.15) is 13.8 Å². The molecule has 2 aromatic heterocycles. The molecule has 0 aliphatic rings. The van der Waals surface area contributed by atoms with Crippen LogP contribution in [-0.2, 0) is 11.3 Å². The molecule has 90 valence electrons. The molecule has 0 aliphatic carbocycles. The number of carbonyl (C=O) groups excluding carboxylic acids is 1. The monoisotopic (exact) mass is 233 g/mol. The predicted octanol–water partition coefficient (Wildman–Crippen LogP) is 0.538. The van der Waals surface area contributed by atoms with Gasteiger partial charge in [0.05, 0.1) is 0 Å². The van der Waals surface area contributed by atoms with Crippen LogP contribution in [-0.4, -0.2) is 26.5 Å². The Morgan fingerprint density at radius 2 is 2.35 bits per heavy atom. The van der Waals surface area contributed by atoms with E-state index in [2.05, 4.69) is 15.3 Å². The number of nitrogens with two attached hydrogens (primary N) is 1. The van der Waals surface area contributed by atoms with Crippen LogP contribution in [0.2, 0.25) is 0 Å². The van der Waals surface area contributed by atoms with Gasteiger partial charge in [-0.15, -0.1) is 0 Å². The van der Waals surface area contributed by atoms with Crippen molar-refractivity contribution in [2.24, 2.45) is 0 Å². The van der Waals surface area contributed by atoms with Crippen molar-refractivity contribution >= 4 is 23.0 Å². The van der Waals surface area contributed by atoms with E-state index >= 15 is 0 Å². The van der Waals surface area contributed by atoms with Gasteiger partial charge in [0.25, 0.3) is 0 Å². The summed E-state index contributed by atoms with van der Waals surface area (Å²) >= 11 is 0. The number of anilines is 1. The molecule has 0 atom stereocenters. The van der Waals surface area contributed by atoms with Crippen molar-refractivity contribution in [1.29, 1.82) is 0 Å². The molecular weight excluding hydrogens is 218 g/mol. The summed E-state index contributed by atoms with van der Waals surface area (Å²) in [4.78, 5) is 20.0. The molecule has 2 aromatic rings. The van der Waals surface area contributed by atoms with Crippen molar-refractivity contribution in [1.82, 2.24) is 19.9 Å². The highest BCUT2D eigenvalue weighted by Gasteiger charge is 2.12. The molecule has 0 aliphatic heterocycles. The largest absolute Gasteiger partial charge is 0.369 e. The first kappa shape index (κ1) is 11.4. The number of nitrogens with one attached hydrogen (secondary N) is 1. The van der Waals surface area contributed by atoms with Crippen LogP contribution in [0.25, 0.3) is 11.2 Å². The first-order chi connectivity index (χ1) is 8.08. The van der Waals surface area contributed by atoms with Crippen molar-refractivity contribution in [3.63, 3.8) is 0 Å². The zero-order valence-electron chi connectivity index (χ0n) is 9.84. The number of aromatic nitrogens is 3. The third-order valence-electron chi connectivity index (χ3n) is 2.28. The normalized spacial score (nSPS) is 11.0. The summed E-state index contributed by atoms with van der Waals surface area (Å²) in [6.45, 7) is 3.95. The van der Waals surface area contributed by atoms with E-state index in [0.717, 1.165) is 0 Å². The number of nitrogens with zero attached hydrogens (tertiary/aromatic N) is 3. The summed E-state index contributed by atoms with van der Waals surface area (Å²) in [7, 11) is 0. The molecule has 1 amide bonds. The van der Waals surface area contributed by atoms with Crippen molar-refractivity contribution < 1.29 is 4.79 Å². The lowest BCUT2D eigenvalue weighted by molar-refractivity contribution is -0.122. The maximum atomic E-state index is 11.7. The van der Waals surface area contributed by atoms with Gasteiger partial charge in [0.15, 0.2) is 5.65 Å². The Morgan fingerprint density at radius 3 is 3.06 bits per heavy atom. The third kappa shape index (κ3) is 2.35. The van der Waals surface area contributed by atoms with Gasteiger partial charge in [-0.2, -0.15) is 0 Å². The van der Waals surface area contributed by atoms with Gasteiger partial charge in [-0.25, -0.2) is 9.97 Å². The van der Waals surface area contributed by atoms with Crippen molar-refractivity contribution in [2.45, 2.75) is 26.4 Å². The number of hydrogen-bond acceptors (Lipinski definition) is 4. The van der Waals surface area contributed by atoms with Crippen LogP contribution in [0.4, 0.5) is 5.95 Å². The van der Waals surface area contributed by atoms with E-state index in [1.165, 1.54) is 0 Å². The number of imidazole rings is 1.